The van der Waals surface area contributed by atoms with Gasteiger partial charge in [0.25, 0.3) is 0 Å². The van der Waals surface area contributed by atoms with Crippen molar-refractivity contribution in [2.45, 2.75) is 25.4 Å². The number of ether oxygens (including phenoxy) is 1. The first-order valence-corrected chi connectivity index (χ1v) is 6.85. The highest BCUT2D eigenvalue weighted by molar-refractivity contribution is 5.84. The van der Waals surface area contributed by atoms with Crippen molar-refractivity contribution < 1.29 is 19.4 Å². The molecular formula is C15H20N2O4. The molecule has 1 atom stereocenters. The Morgan fingerprint density at radius 1 is 1.33 bits per heavy atom. The summed E-state index contributed by atoms with van der Waals surface area (Å²) in [4.78, 5) is 25.4. The van der Waals surface area contributed by atoms with Crippen molar-refractivity contribution in [1.82, 2.24) is 10.2 Å². The first-order valence-electron chi connectivity index (χ1n) is 6.85. The quantitative estimate of drug-likeness (QED) is 0.887. The van der Waals surface area contributed by atoms with E-state index in [0.717, 1.165) is 0 Å². The van der Waals surface area contributed by atoms with Crippen LogP contribution < -0.4 is 5.32 Å². The largest absolute Gasteiger partial charge is 0.479 e. The van der Waals surface area contributed by atoms with Gasteiger partial charge in [-0.05, 0) is 19.4 Å². The fourth-order valence-corrected chi connectivity index (χ4v) is 2.37. The average molecular weight is 292 g/mol. The number of nitrogens with zero attached hydrogens (tertiary/aromatic N) is 1. The van der Waals surface area contributed by atoms with Crippen molar-refractivity contribution in [2.24, 2.45) is 0 Å². The van der Waals surface area contributed by atoms with Gasteiger partial charge in [0.1, 0.15) is 0 Å². The summed E-state index contributed by atoms with van der Waals surface area (Å²) in [7, 11) is 0. The Kier molecular flexibility index (Phi) is 4.47. The third kappa shape index (κ3) is 3.52. The number of carboxylic acids is 1. The number of amides is 2. The Morgan fingerprint density at radius 2 is 2.00 bits per heavy atom. The number of hydrogen-bond donors (Lipinski definition) is 2. The van der Waals surface area contributed by atoms with Crippen LogP contribution in [0, 0.1) is 0 Å². The molecule has 6 heteroatoms. The second kappa shape index (κ2) is 6.13. The monoisotopic (exact) mass is 292 g/mol. The van der Waals surface area contributed by atoms with Gasteiger partial charge in [-0.1, -0.05) is 30.3 Å². The number of morpholine rings is 1. The summed E-state index contributed by atoms with van der Waals surface area (Å²) in [5.74, 6) is -1.08. The Hall–Kier alpha value is -2.08. The number of hydrogen-bond acceptors (Lipinski definition) is 3. The van der Waals surface area contributed by atoms with Crippen LogP contribution in [-0.4, -0.2) is 47.3 Å². The minimum atomic E-state index is -1.08. The summed E-state index contributed by atoms with van der Waals surface area (Å²) in [6.45, 7) is 5.12. The van der Waals surface area contributed by atoms with E-state index in [-0.39, 0.29) is 6.03 Å². The van der Waals surface area contributed by atoms with E-state index in [1.54, 1.807) is 35.2 Å². The molecule has 1 aliphatic rings. The highest BCUT2D eigenvalue weighted by Gasteiger charge is 2.36. The van der Waals surface area contributed by atoms with Crippen LogP contribution in [0.5, 0.6) is 0 Å². The SMILES string of the molecule is CC1(C)COCCN1C(=O)NC(C(=O)O)c1ccccc1. The van der Waals surface area contributed by atoms with Crippen molar-refractivity contribution in [3.05, 3.63) is 35.9 Å². The number of urea groups is 1. The van der Waals surface area contributed by atoms with Crippen LogP contribution in [0.25, 0.3) is 0 Å². The van der Waals surface area contributed by atoms with E-state index in [4.69, 9.17) is 4.74 Å². The van der Waals surface area contributed by atoms with Crippen molar-refractivity contribution in [1.29, 1.82) is 0 Å². The Balaban J connectivity index is 2.14. The Bertz CT molecular complexity index is 516. The molecule has 6 nitrogen and oxygen atoms in total. The van der Waals surface area contributed by atoms with Crippen LogP contribution in [0.1, 0.15) is 25.5 Å². The molecule has 0 radical (unpaired) electrons. The highest BCUT2D eigenvalue weighted by Crippen LogP contribution is 2.20. The summed E-state index contributed by atoms with van der Waals surface area (Å²) in [5, 5.41) is 11.9. The zero-order valence-corrected chi connectivity index (χ0v) is 12.2. The van der Waals surface area contributed by atoms with Crippen LogP contribution >= 0.6 is 0 Å². The van der Waals surface area contributed by atoms with E-state index in [1.165, 1.54) is 0 Å². The molecule has 2 N–H and O–H groups in total. The molecular weight excluding hydrogens is 272 g/mol. The molecule has 1 fully saturated rings. The molecule has 0 aromatic heterocycles. The molecule has 21 heavy (non-hydrogen) atoms. The summed E-state index contributed by atoms with van der Waals surface area (Å²) < 4.78 is 5.36. The lowest BCUT2D eigenvalue weighted by atomic mass is 10.0. The molecule has 1 aliphatic heterocycles. The van der Waals surface area contributed by atoms with E-state index in [0.29, 0.717) is 25.3 Å². The molecule has 114 valence electrons. The molecule has 0 spiro atoms. The first kappa shape index (κ1) is 15.3. The minimum absolute atomic E-state index is 0.389. The number of benzene rings is 1. The maximum atomic E-state index is 12.4. The summed E-state index contributed by atoms with van der Waals surface area (Å²) in [6, 6.07) is 7.21. The van der Waals surface area contributed by atoms with Gasteiger partial charge in [-0.25, -0.2) is 9.59 Å². The van der Waals surface area contributed by atoms with E-state index in [1.807, 2.05) is 13.8 Å². The van der Waals surface area contributed by atoms with E-state index in [2.05, 4.69) is 5.32 Å². The predicted molar refractivity (Wildman–Crippen MR) is 77.0 cm³/mol. The number of carboxylic acid groups (broad SMARTS) is 1. The van der Waals surface area contributed by atoms with Gasteiger partial charge in [0.2, 0.25) is 0 Å². The highest BCUT2D eigenvalue weighted by atomic mass is 16.5. The fraction of sp³-hybridized carbons (Fsp3) is 0.467. The summed E-state index contributed by atoms with van der Waals surface area (Å²) >= 11 is 0. The molecule has 1 aromatic rings. The Morgan fingerprint density at radius 3 is 2.57 bits per heavy atom. The molecule has 1 heterocycles. The molecule has 1 saturated heterocycles. The second-order valence-corrected chi connectivity index (χ2v) is 5.65. The number of carbonyl (C=O) groups is 2. The molecule has 2 amide bonds. The van der Waals surface area contributed by atoms with Gasteiger partial charge >= 0.3 is 12.0 Å². The van der Waals surface area contributed by atoms with E-state index >= 15 is 0 Å². The van der Waals surface area contributed by atoms with Crippen molar-refractivity contribution in [3.8, 4) is 0 Å². The molecule has 0 saturated carbocycles. The third-order valence-corrected chi connectivity index (χ3v) is 3.54. The number of rotatable bonds is 3. The predicted octanol–water partition coefficient (Wildman–Crippen LogP) is 1.63. The van der Waals surface area contributed by atoms with Gasteiger partial charge in [-0.3, -0.25) is 0 Å². The average Bonchev–Trinajstić information content (AvgIpc) is 2.44. The fourth-order valence-electron chi connectivity index (χ4n) is 2.37. The maximum Gasteiger partial charge on any atom is 0.330 e. The minimum Gasteiger partial charge on any atom is -0.479 e. The van der Waals surface area contributed by atoms with Crippen molar-refractivity contribution in [3.63, 3.8) is 0 Å². The molecule has 0 aliphatic carbocycles. The van der Waals surface area contributed by atoms with Gasteiger partial charge in [0, 0.05) is 6.54 Å². The van der Waals surface area contributed by atoms with Crippen LogP contribution in [0.4, 0.5) is 4.79 Å². The normalized spacial score (nSPS) is 18.9. The number of carbonyl (C=O) groups excluding carboxylic acids is 1. The van der Waals surface area contributed by atoms with Crippen LogP contribution in [0.3, 0.4) is 0 Å². The number of aliphatic carboxylic acids is 1. The Labute approximate surface area is 123 Å². The van der Waals surface area contributed by atoms with E-state index < -0.39 is 17.6 Å². The zero-order chi connectivity index (χ0) is 15.5. The second-order valence-electron chi connectivity index (χ2n) is 5.65. The lowest BCUT2D eigenvalue weighted by Crippen LogP contribution is -2.59. The molecule has 2 rings (SSSR count). The van der Waals surface area contributed by atoms with Gasteiger partial charge in [0.15, 0.2) is 6.04 Å². The number of nitrogens with one attached hydrogen (secondary N) is 1. The van der Waals surface area contributed by atoms with Crippen LogP contribution in [0.2, 0.25) is 0 Å². The van der Waals surface area contributed by atoms with Crippen LogP contribution in [0.15, 0.2) is 30.3 Å². The lowest BCUT2D eigenvalue weighted by molar-refractivity contribution is -0.139. The van der Waals surface area contributed by atoms with Gasteiger partial charge < -0.3 is 20.1 Å². The van der Waals surface area contributed by atoms with Crippen molar-refractivity contribution >= 4 is 12.0 Å². The van der Waals surface area contributed by atoms with E-state index in [9.17, 15) is 14.7 Å². The standard InChI is InChI=1S/C15H20N2O4/c1-15(2)10-21-9-8-17(15)14(20)16-12(13(18)19)11-6-4-3-5-7-11/h3-7,12H,8-10H2,1-2H3,(H,16,20)(H,18,19). The third-order valence-electron chi connectivity index (χ3n) is 3.54. The first-order chi connectivity index (χ1) is 9.92. The van der Waals surface area contributed by atoms with Crippen LogP contribution in [-0.2, 0) is 9.53 Å². The molecule has 1 aromatic carbocycles. The summed E-state index contributed by atoms with van der Waals surface area (Å²) in [5.41, 5.74) is 0.0895. The summed E-state index contributed by atoms with van der Waals surface area (Å²) in [6.07, 6.45) is 0. The molecule has 1 unspecified atom stereocenters. The maximum absolute atomic E-state index is 12.4. The smallest absolute Gasteiger partial charge is 0.330 e. The lowest BCUT2D eigenvalue weighted by Gasteiger charge is -2.42. The topological polar surface area (TPSA) is 78.9 Å². The van der Waals surface area contributed by atoms with Gasteiger partial charge in [-0.2, -0.15) is 0 Å². The van der Waals surface area contributed by atoms with Gasteiger partial charge in [0.05, 0.1) is 18.8 Å². The van der Waals surface area contributed by atoms with Crippen molar-refractivity contribution in [2.75, 3.05) is 19.8 Å². The zero-order valence-electron chi connectivity index (χ0n) is 12.2. The van der Waals surface area contributed by atoms with Gasteiger partial charge in [-0.15, -0.1) is 0 Å². The molecule has 0 bridgehead atoms.